The van der Waals surface area contributed by atoms with Crippen LogP contribution in [0.5, 0.6) is 5.75 Å². The second kappa shape index (κ2) is 8.95. The molecule has 0 spiro atoms. The van der Waals surface area contributed by atoms with E-state index in [1.54, 1.807) is 6.07 Å². The van der Waals surface area contributed by atoms with Gasteiger partial charge in [0.1, 0.15) is 11.4 Å². The van der Waals surface area contributed by atoms with Gasteiger partial charge in [0.05, 0.1) is 4.92 Å². The minimum Gasteiger partial charge on any atom is -0.505 e. The Kier molecular flexibility index (Phi) is 6.91. The number of nitro benzene ring substituents is 1. The third kappa shape index (κ3) is 4.83. The highest BCUT2D eigenvalue weighted by Gasteiger charge is 2.18. The number of hydrogen-bond acceptors (Lipinski definition) is 5. The molecule has 0 saturated carbocycles. The Morgan fingerprint density at radius 3 is 2.30 bits per heavy atom. The van der Waals surface area contributed by atoms with Gasteiger partial charge >= 0.3 is 0 Å². The molecule has 0 aliphatic heterocycles. The molecule has 0 saturated heterocycles. The fourth-order valence-corrected chi connectivity index (χ4v) is 2.86. The van der Waals surface area contributed by atoms with Gasteiger partial charge in [-0.25, -0.2) is 0 Å². The normalized spacial score (nSPS) is 13.7. The Hall–Kier alpha value is -2.47. The van der Waals surface area contributed by atoms with E-state index in [1.807, 2.05) is 13.0 Å². The van der Waals surface area contributed by atoms with Crippen LogP contribution in [0, 0.1) is 10.1 Å². The lowest BCUT2D eigenvalue weighted by molar-refractivity contribution is -0.384. The van der Waals surface area contributed by atoms with E-state index in [9.17, 15) is 15.2 Å². The van der Waals surface area contributed by atoms with Crippen molar-refractivity contribution in [2.45, 2.75) is 52.4 Å². The van der Waals surface area contributed by atoms with E-state index < -0.39 is 4.92 Å². The van der Waals surface area contributed by atoms with Gasteiger partial charge in [-0.15, -0.1) is 10.2 Å². The van der Waals surface area contributed by atoms with Crippen molar-refractivity contribution in [2.75, 3.05) is 0 Å². The van der Waals surface area contributed by atoms with E-state index >= 15 is 0 Å². The molecule has 2 rings (SSSR count). The van der Waals surface area contributed by atoms with Crippen LogP contribution in [0.15, 0.2) is 40.6 Å². The molecule has 0 fully saturated rings. The van der Waals surface area contributed by atoms with Gasteiger partial charge in [-0.05, 0) is 54.0 Å². The number of hydrogen-bond donors (Lipinski definition) is 1. The van der Waals surface area contributed by atoms with Crippen molar-refractivity contribution >= 4 is 28.7 Å². The highest BCUT2D eigenvalue weighted by Crippen LogP contribution is 2.41. The van der Waals surface area contributed by atoms with Gasteiger partial charge in [0, 0.05) is 11.1 Å². The lowest BCUT2D eigenvalue weighted by Gasteiger charge is -2.17. The first-order valence-corrected chi connectivity index (χ1v) is 9.38. The number of phenolic OH excluding ortho intramolecular Hbond substituents is 1. The SMILES string of the molecule is CCC(C)c1cc(N=Nc2ccc(Cl)cc2[N+](=O)[O-])c(O)c(C(C)CC)c1. The zero-order chi connectivity index (χ0) is 20.1. The topological polar surface area (TPSA) is 88.1 Å². The van der Waals surface area contributed by atoms with Crippen LogP contribution in [-0.4, -0.2) is 10.0 Å². The van der Waals surface area contributed by atoms with Crippen molar-refractivity contribution in [1.29, 1.82) is 0 Å². The van der Waals surface area contributed by atoms with E-state index in [0.717, 1.165) is 24.0 Å². The Morgan fingerprint density at radius 2 is 1.70 bits per heavy atom. The maximum Gasteiger partial charge on any atom is 0.298 e. The molecule has 2 atom stereocenters. The molecule has 2 aromatic carbocycles. The molecule has 6 nitrogen and oxygen atoms in total. The summed E-state index contributed by atoms with van der Waals surface area (Å²) in [7, 11) is 0. The minimum absolute atomic E-state index is 0.0665. The van der Waals surface area contributed by atoms with Crippen LogP contribution < -0.4 is 0 Å². The zero-order valence-electron chi connectivity index (χ0n) is 15.9. The maximum absolute atomic E-state index is 11.2. The van der Waals surface area contributed by atoms with Gasteiger partial charge in [0.15, 0.2) is 5.69 Å². The maximum atomic E-state index is 11.2. The molecule has 0 amide bonds. The van der Waals surface area contributed by atoms with Crippen LogP contribution in [0.4, 0.5) is 17.1 Å². The van der Waals surface area contributed by atoms with Crippen LogP contribution in [-0.2, 0) is 0 Å². The predicted octanol–water partition coefficient (Wildman–Crippen LogP) is 7.40. The zero-order valence-corrected chi connectivity index (χ0v) is 16.7. The van der Waals surface area contributed by atoms with Gasteiger partial charge < -0.3 is 5.11 Å². The first-order chi connectivity index (χ1) is 12.8. The lowest BCUT2D eigenvalue weighted by atomic mass is 9.90. The number of phenols is 1. The predicted molar refractivity (Wildman–Crippen MR) is 108 cm³/mol. The molecule has 144 valence electrons. The number of rotatable bonds is 7. The molecule has 0 aliphatic rings. The molecule has 0 bridgehead atoms. The fraction of sp³-hybridized carbons (Fsp3) is 0.400. The number of azo groups is 1. The molecular formula is C20H24ClN3O3. The summed E-state index contributed by atoms with van der Waals surface area (Å²) in [5, 5.41) is 30.3. The monoisotopic (exact) mass is 389 g/mol. The second-order valence-electron chi connectivity index (χ2n) is 6.69. The summed E-state index contributed by atoms with van der Waals surface area (Å²) in [5.41, 5.74) is 2.04. The first kappa shape index (κ1) is 20.8. The van der Waals surface area contributed by atoms with Crippen molar-refractivity contribution in [3.05, 3.63) is 56.6 Å². The number of benzene rings is 2. The average Bonchev–Trinajstić information content (AvgIpc) is 2.66. The molecule has 2 aromatic rings. The first-order valence-electron chi connectivity index (χ1n) is 9.00. The van der Waals surface area contributed by atoms with Gasteiger partial charge in [0.25, 0.3) is 5.69 Å². The van der Waals surface area contributed by atoms with E-state index in [4.69, 9.17) is 11.6 Å². The summed E-state index contributed by atoms with van der Waals surface area (Å²) >= 11 is 5.83. The highest BCUT2D eigenvalue weighted by atomic mass is 35.5. The Labute approximate surface area is 164 Å². The molecule has 0 aliphatic carbocycles. The van der Waals surface area contributed by atoms with Crippen molar-refractivity contribution < 1.29 is 10.0 Å². The fourth-order valence-electron chi connectivity index (χ4n) is 2.69. The van der Waals surface area contributed by atoms with Crippen LogP contribution >= 0.6 is 11.6 Å². The van der Waals surface area contributed by atoms with Crippen LogP contribution in [0.3, 0.4) is 0 Å². The van der Waals surface area contributed by atoms with Gasteiger partial charge in [0.2, 0.25) is 0 Å². The van der Waals surface area contributed by atoms with Crippen LogP contribution in [0.25, 0.3) is 0 Å². The molecule has 0 radical (unpaired) electrons. The van der Waals surface area contributed by atoms with E-state index in [2.05, 4.69) is 31.0 Å². The summed E-state index contributed by atoms with van der Waals surface area (Å²) in [6.07, 6.45) is 1.82. The summed E-state index contributed by atoms with van der Waals surface area (Å²) in [6.45, 7) is 8.30. The lowest BCUT2D eigenvalue weighted by Crippen LogP contribution is -1.98. The largest absolute Gasteiger partial charge is 0.505 e. The Balaban J connectivity index is 2.55. The molecule has 7 heteroatoms. The Bertz CT molecular complexity index is 868. The van der Waals surface area contributed by atoms with Gasteiger partial charge in [-0.2, -0.15) is 0 Å². The molecule has 0 heterocycles. The summed E-state index contributed by atoms with van der Waals surface area (Å²) in [5.74, 6) is 0.525. The van der Waals surface area contributed by atoms with E-state index in [1.165, 1.54) is 18.2 Å². The van der Waals surface area contributed by atoms with E-state index in [-0.39, 0.29) is 28.1 Å². The van der Waals surface area contributed by atoms with Crippen molar-refractivity contribution in [3.63, 3.8) is 0 Å². The minimum atomic E-state index is -0.555. The van der Waals surface area contributed by atoms with Crippen LogP contribution in [0.1, 0.15) is 63.5 Å². The van der Waals surface area contributed by atoms with Gasteiger partial charge in [-0.1, -0.05) is 45.4 Å². The molecular weight excluding hydrogens is 366 g/mol. The summed E-state index contributed by atoms with van der Waals surface area (Å²) < 4.78 is 0. The summed E-state index contributed by atoms with van der Waals surface area (Å²) in [6, 6.07) is 8.00. The molecule has 1 N–H and O–H groups in total. The number of nitrogens with zero attached hydrogens (tertiary/aromatic N) is 3. The van der Waals surface area contributed by atoms with Crippen molar-refractivity contribution in [3.8, 4) is 5.75 Å². The van der Waals surface area contributed by atoms with Crippen molar-refractivity contribution in [2.24, 2.45) is 10.2 Å². The van der Waals surface area contributed by atoms with Crippen LogP contribution in [0.2, 0.25) is 5.02 Å². The highest BCUT2D eigenvalue weighted by molar-refractivity contribution is 6.30. The average molecular weight is 390 g/mol. The Morgan fingerprint density at radius 1 is 1.07 bits per heavy atom. The quantitative estimate of drug-likeness (QED) is 0.304. The smallest absolute Gasteiger partial charge is 0.298 e. The molecule has 2 unspecified atom stereocenters. The molecule has 27 heavy (non-hydrogen) atoms. The van der Waals surface area contributed by atoms with E-state index in [0.29, 0.717) is 11.6 Å². The second-order valence-corrected chi connectivity index (χ2v) is 7.12. The summed E-state index contributed by atoms with van der Waals surface area (Å²) in [4.78, 5) is 10.7. The number of halogens is 1. The third-order valence-electron chi connectivity index (χ3n) is 4.87. The molecule has 0 aromatic heterocycles. The number of nitro groups is 1. The third-order valence-corrected chi connectivity index (χ3v) is 5.10. The standard InChI is InChI=1S/C20H24ClN3O3/c1-5-12(3)14-9-16(13(4)6-2)20(25)18(10-14)23-22-17-8-7-15(21)11-19(17)24(26)27/h7-13,25H,5-6H2,1-4H3. The van der Waals surface area contributed by atoms with Crippen molar-refractivity contribution in [1.82, 2.24) is 0 Å². The number of aromatic hydroxyl groups is 1. The van der Waals surface area contributed by atoms with Gasteiger partial charge in [-0.3, -0.25) is 10.1 Å².